The maximum atomic E-state index is 9.11. The van der Waals surface area contributed by atoms with E-state index in [0.717, 1.165) is 26.2 Å². The Morgan fingerprint density at radius 1 is 0.846 bits per heavy atom. The van der Waals surface area contributed by atoms with Crippen molar-refractivity contribution in [1.82, 2.24) is 9.80 Å². The smallest absolute Gasteiger partial charge is 0.152 e. The second kappa shape index (κ2) is 4.08. The first kappa shape index (κ1) is 8.98. The van der Waals surface area contributed by atoms with E-state index in [-0.39, 0.29) is 6.17 Å². The lowest BCUT2D eigenvalue weighted by Gasteiger charge is -2.29. The van der Waals surface area contributed by atoms with Crippen molar-refractivity contribution in [2.24, 2.45) is 0 Å². The fourth-order valence-electron chi connectivity index (χ4n) is 2.37. The number of hydrogen-bond acceptors (Lipinski definition) is 3. The van der Waals surface area contributed by atoms with E-state index in [4.69, 9.17) is 5.26 Å². The number of nitrogens with zero attached hydrogens (tertiary/aromatic N) is 3. The third kappa shape index (κ3) is 1.84. The summed E-state index contributed by atoms with van der Waals surface area (Å²) in [5, 5.41) is 9.11. The summed E-state index contributed by atoms with van der Waals surface area (Å²) in [5.41, 5.74) is 0. The van der Waals surface area contributed by atoms with Gasteiger partial charge in [-0.1, -0.05) is 0 Å². The Morgan fingerprint density at radius 3 is 1.54 bits per heavy atom. The van der Waals surface area contributed by atoms with Gasteiger partial charge in [0.25, 0.3) is 0 Å². The van der Waals surface area contributed by atoms with Crippen LogP contribution in [-0.4, -0.2) is 42.1 Å². The van der Waals surface area contributed by atoms with Crippen LogP contribution in [0.5, 0.6) is 0 Å². The SMILES string of the molecule is N#CC(N1CCCC1)N1CCCC1. The predicted molar refractivity (Wildman–Crippen MR) is 51.0 cm³/mol. The van der Waals surface area contributed by atoms with Crippen LogP contribution in [0.2, 0.25) is 0 Å². The summed E-state index contributed by atoms with van der Waals surface area (Å²) in [5.74, 6) is 0. The van der Waals surface area contributed by atoms with Gasteiger partial charge in [-0.2, -0.15) is 5.26 Å². The normalized spacial score (nSPS) is 25.5. The van der Waals surface area contributed by atoms with Gasteiger partial charge in [0.2, 0.25) is 0 Å². The molecule has 2 rings (SSSR count). The second-order valence-corrected chi connectivity index (χ2v) is 3.99. The van der Waals surface area contributed by atoms with E-state index in [9.17, 15) is 0 Å². The van der Waals surface area contributed by atoms with E-state index in [0.29, 0.717) is 0 Å². The van der Waals surface area contributed by atoms with E-state index in [1.54, 1.807) is 0 Å². The Labute approximate surface area is 79.9 Å². The molecule has 0 radical (unpaired) electrons. The van der Waals surface area contributed by atoms with Gasteiger partial charge in [-0.25, -0.2) is 0 Å². The van der Waals surface area contributed by atoms with E-state index in [2.05, 4.69) is 15.9 Å². The van der Waals surface area contributed by atoms with Crippen molar-refractivity contribution in [3.8, 4) is 6.07 Å². The van der Waals surface area contributed by atoms with Gasteiger partial charge in [0, 0.05) is 26.2 Å². The van der Waals surface area contributed by atoms with Crippen LogP contribution in [0.15, 0.2) is 0 Å². The van der Waals surface area contributed by atoms with Crippen LogP contribution in [0.1, 0.15) is 25.7 Å². The van der Waals surface area contributed by atoms with Crippen LogP contribution in [0.3, 0.4) is 0 Å². The number of rotatable bonds is 2. The first-order chi connectivity index (χ1) is 6.42. The minimum Gasteiger partial charge on any atom is -0.276 e. The van der Waals surface area contributed by atoms with Gasteiger partial charge in [-0.3, -0.25) is 9.80 Å². The molecule has 72 valence electrons. The third-order valence-electron chi connectivity index (χ3n) is 3.09. The maximum Gasteiger partial charge on any atom is 0.152 e. The fraction of sp³-hybridized carbons (Fsp3) is 0.900. The minimum atomic E-state index is 0.0741. The molecular weight excluding hydrogens is 162 g/mol. The van der Waals surface area contributed by atoms with Gasteiger partial charge >= 0.3 is 0 Å². The molecular formula is C10H17N3. The fourth-order valence-corrected chi connectivity index (χ4v) is 2.37. The lowest BCUT2D eigenvalue weighted by molar-refractivity contribution is 0.124. The molecule has 3 nitrogen and oxygen atoms in total. The Bertz CT molecular complexity index is 181. The molecule has 0 N–H and O–H groups in total. The van der Waals surface area contributed by atoms with Crippen LogP contribution < -0.4 is 0 Å². The van der Waals surface area contributed by atoms with Gasteiger partial charge in [-0.05, 0) is 25.7 Å². The van der Waals surface area contributed by atoms with Crippen molar-refractivity contribution in [3.63, 3.8) is 0 Å². The molecule has 2 heterocycles. The lowest BCUT2D eigenvalue weighted by Crippen LogP contribution is -2.44. The predicted octanol–water partition coefficient (Wildman–Crippen LogP) is 1.03. The molecule has 0 unspecified atom stereocenters. The molecule has 0 spiro atoms. The molecule has 0 aliphatic carbocycles. The highest BCUT2D eigenvalue weighted by Gasteiger charge is 2.28. The lowest BCUT2D eigenvalue weighted by atomic mass is 10.4. The molecule has 0 saturated carbocycles. The summed E-state index contributed by atoms with van der Waals surface area (Å²) in [7, 11) is 0. The average Bonchev–Trinajstić information content (AvgIpc) is 2.76. The molecule has 0 atom stereocenters. The molecule has 3 heteroatoms. The van der Waals surface area contributed by atoms with Crippen molar-refractivity contribution in [3.05, 3.63) is 0 Å². The zero-order valence-electron chi connectivity index (χ0n) is 8.08. The Kier molecular flexibility index (Phi) is 2.82. The van der Waals surface area contributed by atoms with Crippen LogP contribution >= 0.6 is 0 Å². The minimum absolute atomic E-state index is 0.0741. The standard InChI is InChI=1S/C10H17N3/c11-9-10(12-5-1-2-6-12)13-7-3-4-8-13/h10H,1-8H2. The Hall–Kier alpha value is -0.590. The quantitative estimate of drug-likeness (QED) is 0.634. The largest absolute Gasteiger partial charge is 0.276 e. The zero-order valence-corrected chi connectivity index (χ0v) is 8.08. The molecule has 0 amide bonds. The van der Waals surface area contributed by atoms with Crippen molar-refractivity contribution < 1.29 is 0 Å². The summed E-state index contributed by atoms with van der Waals surface area (Å²) < 4.78 is 0. The van der Waals surface area contributed by atoms with Gasteiger partial charge < -0.3 is 0 Å². The van der Waals surface area contributed by atoms with Crippen LogP contribution in [0, 0.1) is 11.3 Å². The summed E-state index contributed by atoms with van der Waals surface area (Å²) >= 11 is 0. The van der Waals surface area contributed by atoms with Crippen LogP contribution in [0.25, 0.3) is 0 Å². The topological polar surface area (TPSA) is 30.3 Å². The molecule has 0 aromatic carbocycles. The summed E-state index contributed by atoms with van der Waals surface area (Å²) in [6.45, 7) is 4.48. The molecule has 0 bridgehead atoms. The number of hydrogen-bond donors (Lipinski definition) is 0. The van der Waals surface area contributed by atoms with Crippen LogP contribution in [-0.2, 0) is 0 Å². The zero-order chi connectivity index (χ0) is 9.10. The highest BCUT2D eigenvalue weighted by molar-refractivity contribution is 4.94. The van der Waals surface area contributed by atoms with E-state index in [1.807, 2.05) is 0 Å². The molecule has 2 aliphatic rings. The first-order valence-corrected chi connectivity index (χ1v) is 5.29. The third-order valence-corrected chi connectivity index (χ3v) is 3.09. The average molecular weight is 179 g/mol. The van der Waals surface area contributed by atoms with E-state index < -0.39 is 0 Å². The van der Waals surface area contributed by atoms with E-state index >= 15 is 0 Å². The summed E-state index contributed by atoms with van der Waals surface area (Å²) in [4.78, 5) is 4.65. The Morgan fingerprint density at radius 2 is 1.23 bits per heavy atom. The van der Waals surface area contributed by atoms with Gasteiger partial charge in [0.15, 0.2) is 6.17 Å². The monoisotopic (exact) mass is 179 g/mol. The van der Waals surface area contributed by atoms with E-state index in [1.165, 1.54) is 25.7 Å². The van der Waals surface area contributed by atoms with Crippen molar-refractivity contribution >= 4 is 0 Å². The molecule has 0 aromatic rings. The van der Waals surface area contributed by atoms with Gasteiger partial charge in [0.05, 0.1) is 6.07 Å². The van der Waals surface area contributed by atoms with Crippen molar-refractivity contribution in [1.29, 1.82) is 5.26 Å². The van der Waals surface area contributed by atoms with Gasteiger partial charge in [0.1, 0.15) is 0 Å². The van der Waals surface area contributed by atoms with Crippen molar-refractivity contribution in [2.45, 2.75) is 31.8 Å². The number of likely N-dealkylation sites (tertiary alicyclic amines) is 2. The molecule has 2 aliphatic heterocycles. The maximum absolute atomic E-state index is 9.11. The number of nitriles is 1. The molecule has 0 aromatic heterocycles. The highest BCUT2D eigenvalue weighted by Crippen LogP contribution is 2.18. The molecule has 2 fully saturated rings. The first-order valence-electron chi connectivity index (χ1n) is 5.29. The van der Waals surface area contributed by atoms with Gasteiger partial charge in [-0.15, -0.1) is 0 Å². The summed E-state index contributed by atoms with van der Waals surface area (Å²) in [6, 6.07) is 2.44. The molecule has 13 heavy (non-hydrogen) atoms. The molecule has 2 saturated heterocycles. The Balaban J connectivity index is 1.95. The second-order valence-electron chi connectivity index (χ2n) is 3.99. The van der Waals surface area contributed by atoms with Crippen molar-refractivity contribution in [2.75, 3.05) is 26.2 Å². The van der Waals surface area contributed by atoms with Crippen LogP contribution in [0.4, 0.5) is 0 Å². The summed E-state index contributed by atoms with van der Waals surface area (Å²) in [6.07, 6.45) is 5.15. The highest BCUT2D eigenvalue weighted by atomic mass is 15.4.